The standard InChI is InChI=1S/C14H20ClFN2O/c1-14(2,3)12(17)13(19)18(4)8-9-10(15)6-5-7-11(9)16/h5-7,12H,8,17H2,1-4H3/t12-/m1/s1. The molecule has 1 amide bonds. The van der Waals surface area contributed by atoms with Gasteiger partial charge >= 0.3 is 0 Å². The van der Waals surface area contributed by atoms with E-state index < -0.39 is 11.9 Å². The van der Waals surface area contributed by atoms with Gasteiger partial charge in [0.15, 0.2) is 0 Å². The first kappa shape index (κ1) is 15.9. The number of halogens is 2. The van der Waals surface area contributed by atoms with Gasteiger partial charge in [-0.3, -0.25) is 4.79 Å². The van der Waals surface area contributed by atoms with Crippen molar-refractivity contribution in [3.8, 4) is 0 Å². The van der Waals surface area contributed by atoms with Crippen molar-refractivity contribution in [3.63, 3.8) is 0 Å². The smallest absolute Gasteiger partial charge is 0.240 e. The summed E-state index contributed by atoms with van der Waals surface area (Å²) in [5, 5.41) is 0.309. The van der Waals surface area contributed by atoms with Crippen LogP contribution in [-0.2, 0) is 11.3 Å². The zero-order chi connectivity index (χ0) is 14.8. The van der Waals surface area contributed by atoms with E-state index in [4.69, 9.17) is 17.3 Å². The fraction of sp³-hybridized carbons (Fsp3) is 0.500. The lowest BCUT2D eigenvalue weighted by molar-refractivity contribution is -0.134. The zero-order valence-electron chi connectivity index (χ0n) is 11.7. The number of rotatable bonds is 3. The molecule has 0 aliphatic carbocycles. The maximum atomic E-state index is 13.7. The Kier molecular flexibility index (Phi) is 4.93. The van der Waals surface area contributed by atoms with Crippen molar-refractivity contribution in [2.75, 3.05) is 7.05 Å². The van der Waals surface area contributed by atoms with Crippen molar-refractivity contribution in [2.24, 2.45) is 11.1 Å². The molecule has 1 atom stereocenters. The minimum atomic E-state index is -0.636. The highest BCUT2D eigenvalue weighted by Crippen LogP contribution is 2.23. The number of carbonyl (C=O) groups excluding carboxylic acids is 1. The van der Waals surface area contributed by atoms with Gasteiger partial charge in [0, 0.05) is 24.2 Å². The highest BCUT2D eigenvalue weighted by molar-refractivity contribution is 6.31. The summed E-state index contributed by atoms with van der Waals surface area (Å²) >= 11 is 5.94. The number of amides is 1. The van der Waals surface area contributed by atoms with Crippen molar-refractivity contribution < 1.29 is 9.18 Å². The molecule has 19 heavy (non-hydrogen) atoms. The van der Waals surface area contributed by atoms with E-state index in [0.717, 1.165) is 0 Å². The topological polar surface area (TPSA) is 46.3 Å². The molecule has 2 N–H and O–H groups in total. The maximum absolute atomic E-state index is 13.7. The molecule has 0 radical (unpaired) electrons. The molecule has 1 aromatic carbocycles. The molecule has 1 rings (SSSR count). The van der Waals surface area contributed by atoms with Crippen LogP contribution < -0.4 is 5.73 Å². The number of benzene rings is 1. The summed E-state index contributed by atoms with van der Waals surface area (Å²) in [6, 6.07) is 3.82. The van der Waals surface area contributed by atoms with E-state index in [2.05, 4.69) is 0 Å². The fourth-order valence-corrected chi connectivity index (χ4v) is 1.83. The van der Waals surface area contributed by atoms with Crippen LogP contribution in [0.3, 0.4) is 0 Å². The Hall–Kier alpha value is -1.13. The second-order valence-electron chi connectivity index (χ2n) is 5.74. The summed E-state index contributed by atoms with van der Waals surface area (Å²) < 4.78 is 13.7. The predicted octanol–water partition coefficient (Wildman–Crippen LogP) is 2.81. The Morgan fingerprint density at radius 3 is 2.53 bits per heavy atom. The second kappa shape index (κ2) is 5.88. The third-order valence-electron chi connectivity index (χ3n) is 3.03. The number of hydrogen-bond acceptors (Lipinski definition) is 2. The largest absolute Gasteiger partial charge is 0.340 e. The molecule has 0 saturated carbocycles. The van der Waals surface area contributed by atoms with Gasteiger partial charge in [0.05, 0.1) is 6.04 Å². The summed E-state index contributed by atoms with van der Waals surface area (Å²) in [6.45, 7) is 5.77. The second-order valence-corrected chi connectivity index (χ2v) is 6.15. The number of likely N-dealkylation sites (N-methyl/N-ethyl adjacent to an activating group) is 1. The van der Waals surface area contributed by atoms with Crippen molar-refractivity contribution >= 4 is 17.5 Å². The molecule has 0 aromatic heterocycles. The van der Waals surface area contributed by atoms with E-state index in [0.29, 0.717) is 10.6 Å². The Balaban J connectivity index is 2.86. The summed E-state index contributed by atoms with van der Waals surface area (Å²) in [6.07, 6.45) is 0. The lowest BCUT2D eigenvalue weighted by Gasteiger charge is -2.30. The fourth-order valence-electron chi connectivity index (χ4n) is 1.61. The lowest BCUT2D eigenvalue weighted by Crippen LogP contribution is -2.49. The summed E-state index contributed by atoms with van der Waals surface area (Å²) in [4.78, 5) is 13.6. The number of nitrogens with two attached hydrogens (primary N) is 1. The first-order chi connectivity index (χ1) is 8.64. The van der Waals surface area contributed by atoms with E-state index in [1.165, 1.54) is 17.0 Å². The van der Waals surface area contributed by atoms with Crippen molar-refractivity contribution in [1.29, 1.82) is 0 Å². The Morgan fingerprint density at radius 2 is 2.05 bits per heavy atom. The molecule has 0 aliphatic rings. The van der Waals surface area contributed by atoms with Crippen molar-refractivity contribution in [3.05, 3.63) is 34.6 Å². The lowest BCUT2D eigenvalue weighted by atomic mass is 9.86. The normalized spacial score (nSPS) is 13.2. The highest BCUT2D eigenvalue weighted by atomic mass is 35.5. The molecule has 0 unspecified atom stereocenters. The third kappa shape index (κ3) is 3.91. The molecule has 106 valence electrons. The van der Waals surface area contributed by atoms with Crippen LogP contribution in [0.1, 0.15) is 26.3 Å². The average Bonchev–Trinajstić information content (AvgIpc) is 2.30. The predicted molar refractivity (Wildman–Crippen MR) is 75.3 cm³/mol. The molecule has 0 bridgehead atoms. The summed E-state index contributed by atoms with van der Waals surface area (Å²) in [5.74, 6) is -0.650. The van der Waals surface area contributed by atoms with Gasteiger partial charge in [-0.15, -0.1) is 0 Å². The van der Waals surface area contributed by atoms with Crippen LogP contribution in [-0.4, -0.2) is 23.9 Å². The molecule has 1 aromatic rings. The monoisotopic (exact) mass is 286 g/mol. The van der Waals surface area contributed by atoms with Crippen LogP contribution in [0.15, 0.2) is 18.2 Å². The number of carbonyl (C=O) groups is 1. The number of nitrogens with zero attached hydrogens (tertiary/aromatic N) is 1. The molecule has 0 spiro atoms. The van der Waals surface area contributed by atoms with Crippen LogP contribution in [0.5, 0.6) is 0 Å². The van der Waals surface area contributed by atoms with Gasteiger partial charge in [0.1, 0.15) is 5.82 Å². The third-order valence-corrected chi connectivity index (χ3v) is 3.39. The van der Waals surface area contributed by atoms with E-state index >= 15 is 0 Å². The van der Waals surface area contributed by atoms with Gasteiger partial charge in [0.2, 0.25) is 5.91 Å². The summed E-state index contributed by atoms with van der Waals surface area (Å²) in [7, 11) is 1.59. The Labute approximate surface area is 118 Å². The minimum Gasteiger partial charge on any atom is -0.340 e. The van der Waals surface area contributed by atoms with E-state index in [-0.39, 0.29) is 17.9 Å². The Bertz CT molecular complexity index is 451. The van der Waals surface area contributed by atoms with E-state index in [1.54, 1.807) is 13.1 Å². The SMILES string of the molecule is CN(Cc1c(F)cccc1Cl)C(=O)[C@@H](N)C(C)(C)C. The van der Waals surface area contributed by atoms with Crippen LogP contribution in [0, 0.1) is 11.2 Å². The van der Waals surface area contributed by atoms with Gasteiger partial charge in [-0.05, 0) is 17.5 Å². The van der Waals surface area contributed by atoms with Crippen LogP contribution >= 0.6 is 11.6 Å². The number of hydrogen-bond donors (Lipinski definition) is 1. The first-order valence-electron chi connectivity index (χ1n) is 6.08. The first-order valence-corrected chi connectivity index (χ1v) is 6.46. The van der Waals surface area contributed by atoms with Crippen LogP contribution in [0.2, 0.25) is 5.02 Å². The van der Waals surface area contributed by atoms with Crippen LogP contribution in [0.25, 0.3) is 0 Å². The van der Waals surface area contributed by atoms with Gasteiger partial charge in [-0.2, -0.15) is 0 Å². The van der Waals surface area contributed by atoms with E-state index in [9.17, 15) is 9.18 Å². The molecule has 0 aliphatic heterocycles. The summed E-state index contributed by atoms with van der Waals surface area (Å²) in [5.41, 5.74) is 5.87. The van der Waals surface area contributed by atoms with Gasteiger partial charge in [0.25, 0.3) is 0 Å². The molecule has 0 heterocycles. The van der Waals surface area contributed by atoms with Gasteiger partial charge in [-0.1, -0.05) is 38.4 Å². The molecular weight excluding hydrogens is 267 g/mol. The quantitative estimate of drug-likeness (QED) is 0.929. The van der Waals surface area contributed by atoms with Gasteiger partial charge in [-0.25, -0.2) is 4.39 Å². The van der Waals surface area contributed by atoms with E-state index in [1.807, 2.05) is 20.8 Å². The maximum Gasteiger partial charge on any atom is 0.240 e. The van der Waals surface area contributed by atoms with Gasteiger partial charge < -0.3 is 10.6 Å². The average molecular weight is 287 g/mol. The molecule has 3 nitrogen and oxygen atoms in total. The van der Waals surface area contributed by atoms with Crippen LogP contribution in [0.4, 0.5) is 4.39 Å². The van der Waals surface area contributed by atoms with Crippen molar-refractivity contribution in [1.82, 2.24) is 4.90 Å². The molecular formula is C14H20ClFN2O. The molecule has 5 heteroatoms. The Morgan fingerprint density at radius 1 is 1.47 bits per heavy atom. The minimum absolute atomic E-state index is 0.105. The van der Waals surface area contributed by atoms with Crippen molar-refractivity contribution in [2.45, 2.75) is 33.4 Å². The zero-order valence-corrected chi connectivity index (χ0v) is 12.5. The molecule has 0 saturated heterocycles. The molecule has 0 fully saturated rings. The highest BCUT2D eigenvalue weighted by Gasteiger charge is 2.30.